The lowest BCUT2D eigenvalue weighted by atomic mass is 9.99. The first-order valence-electron chi connectivity index (χ1n) is 22.9. The number of carbonyl (C=O) groups excluding carboxylic acids is 2. The van der Waals surface area contributed by atoms with Gasteiger partial charge in [0.25, 0.3) is 0 Å². The fourth-order valence-electron chi connectivity index (χ4n) is 6.88. The largest absolute Gasteiger partial charge is 0.462 e. The molecule has 0 bridgehead atoms. The first-order chi connectivity index (χ1) is 27.3. The summed E-state index contributed by atoms with van der Waals surface area (Å²) in [5.41, 5.74) is 0. The maximum Gasteiger partial charge on any atom is 0.306 e. The minimum absolute atomic E-state index is 0.221. The van der Waals surface area contributed by atoms with Gasteiger partial charge in [0.05, 0.1) is 13.2 Å². The van der Waals surface area contributed by atoms with E-state index < -0.39 is 49.4 Å². The number of hydrogen-bond acceptors (Lipinski definition) is 10. The van der Waals surface area contributed by atoms with E-state index in [4.69, 9.17) is 18.9 Å². The maximum absolute atomic E-state index is 12.8. The Morgan fingerprint density at radius 2 is 0.946 bits per heavy atom. The molecule has 0 aliphatic carbocycles. The molecule has 1 saturated heterocycles. The number of allylic oxidation sites excluding steroid dienone is 4. The molecule has 0 aromatic rings. The van der Waals surface area contributed by atoms with Crippen LogP contribution in [0.2, 0.25) is 0 Å². The average Bonchev–Trinajstić information content (AvgIpc) is 3.19. The summed E-state index contributed by atoms with van der Waals surface area (Å²) in [5, 5.41) is 40.1. The minimum Gasteiger partial charge on any atom is -0.462 e. The van der Waals surface area contributed by atoms with Crippen LogP contribution in [0.15, 0.2) is 24.3 Å². The van der Waals surface area contributed by atoms with Crippen LogP contribution < -0.4 is 0 Å². The molecule has 1 rings (SSSR count). The summed E-state index contributed by atoms with van der Waals surface area (Å²) in [5.74, 6) is -0.817. The zero-order valence-electron chi connectivity index (χ0n) is 35.6. The topological polar surface area (TPSA) is 152 Å². The summed E-state index contributed by atoms with van der Waals surface area (Å²) in [7, 11) is 0. The smallest absolute Gasteiger partial charge is 0.306 e. The molecular weight excluding hydrogens is 712 g/mol. The van der Waals surface area contributed by atoms with Crippen molar-refractivity contribution >= 4 is 11.9 Å². The summed E-state index contributed by atoms with van der Waals surface area (Å²) in [6.45, 7) is 3.40. The van der Waals surface area contributed by atoms with E-state index in [0.29, 0.717) is 12.8 Å². The number of rotatable bonds is 38. The third-order valence-electron chi connectivity index (χ3n) is 10.6. The Morgan fingerprint density at radius 1 is 0.536 bits per heavy atom. The van der Waals surface area contributed by atoms with E-state index in [1.807, 2.05) is 0 Å². The molecule has 6 atom stereocenters. The Morgan fingerprint density at radius 3 is 1.39 bits per heavy atom. The van der Waals surface area contributed by atoms with Gasteiger partial charge in [-0.25, -0.2) is 0 Å². The third-order valence-corrected chi connectivity index (χ3v) is 10.6. The highest BCUT2D eigenvalue weighted by atomic mass is 16.7. The normalized spacial score (nSPS) is 20.6. The van der Waals surface area contributed by atoms with Crippen molar-refractivity contribution in [3.8, 4) is 0 Å². The third kappa shape index (κ3) is 28.6. The van der Waals surface area contributed by atoms with Crippen LogP contribution in [0.1, 0.15) is 200 Å². The highest BCUT2D eigenvalue weighted by Gasteiger charge is 2.44. The van der Waals surface area contributed by atoms with Gasteiger partial charge in [-0.2, -0.15) is 0 Å². The summed E-state index contributed by atoms with van der Waals surface area (Å²) < 4.78 is 22.2. The number of aliphatic hydroxyl groups excluding tert-OH is 4. The van der Waals surface area contributed by atoms with Crippen LogP contribution in [-0.4, -0.2) is 89.0 Å². The molecule has 1 aliphatic heterocycles. The number of esters is 2. The lowest BCUT2D eigenvalue weighted by Gasteiger charge is -2.39. The molecule has 0 spiro atoms. The van der Waals surface area contributed by atoms with E-state index in [2.05, 4.69) is 38.2 Å². The number of unbranched alkanes of at least 4 members (excludes halogenated alkanes) is 23. The summed E-state index contributed by atoms with van der Waals surface area (Å²) in [4.78, 5) is 25.3. The Kier molecular flexibility index (Phi) is 34.9. The summed E-state index contributed by atoms with van der Waals surface area (Å²) >= 11 is 0. The van der Waals surface area contributed by atoms with Gasteiger partial charge in [-0.05, 0) is 64.2 Å². The molecule has 328 valence electrons. The van der Waals surface area contributed by atoms with Crippen LogP contribution in [0, 0.1) is 0 Å². The van der Waals surface area contributed by atoms with Gasteiger partial charge >= 0.3 is 11.9 Å². The Hall–Kier alpha value is -1.82. The molecule has 1 heterocycles. The monoisotopic (exact) mass is 797 g/mol. The first kappa shape index (κ1) is 52.2. The van der Waals surface area contributed by atoms with E-state index in [1.165, 1.54) is 103 Å². The molecule has 10 nitrogen and oxygen atoms in total. The van der Waals surface area contributed by atoms with E-state index in [-0.39, 0.29) is 32.0 Å². The lowest BCUT2D eigenvalue weighted by Crippen LogP contribution is -2.59. The molecule has 1 aliphatic rings. The number of hydrogen-bond donors (Lipinski definition) is 4. The predicted octanol–water partition coefficient (Wildman–Crippen LogP) is 9.72. The molecular formula is C46H84O10. The second kappa shape index (κ2) is 37.5. The van der Waals surface area contributed by atoms with E-state index in [1.54, 1.807) is 0 Å². The molecule has 0 amide bonds. The van der Waals surface area contributed by atoms with Crippen molar-refractivity contribution in [2.45, 2.75) is 237 Å². The average molecular weight is 797 g/mol. The molecule has 56 heavy (non-hydrogen) atoms. The number of carbonyl (C=O) groups is 2. The predicted molar refractivity (Wildman–Crippen MR) is 224 cm³/mol. The molecule has 1 fully saturated rings. The maximum atomic E-state index is 12.8. The Bertz CT molecular complexity index is 970. The van der Waals surface area contributed by atoms with E-state index in [0.717, 1.165) is 57.8 Å². The second-order valence-electron chi connectivity index (χ2n) is 15.8. The first-order valence-corrected chi connectivity index (χ1v) is 22.9. The van der Waals surface area contributed by atoms with Gasteiger partial charge in [0.1, 0.15) is 31.0 Å². The van der Waals surface area contributed by atoms with Crippen molar-refractivity contribution in [1.82, 2.24) is 0 Å². The van der Waals surface area contributed by atoms with Gasteiger partial charge in [-0.1, -0.05) is 147 Å². The lowest BCUT2D eigenvalue weighted by molar-refractivity contribution is -0.305. The molecule has 10 heteroatoms. The molecule has 0 saturated carbocycles. The van der Waals surface area contributed by atoms with Crippen molar-refractivity contribution in [3.05, 3.63) is 24.3 Å². The number of aliphatic hydroxyl groups is 4. The van der Waals surface area contributed by atoms with Crippen LogP contribution in [0.25, 0.3) is 0 Å². The van der Waals surface area contributed by atoms with Crippen molar-refractivity contribution in [2.24, 2.45) is 0 Å². The van der Waals surface area contributed by atoms with Gasteiger partial charge in [0.2, 0.25) is 0 Å². The van der Waals surface area contributed by atoms with Crippen LogP contribution in [0.3, 0.4) is 0 Å². The fraction of sp³-hybridized carbons (Fsp3) is 0.870. The van der Waals surface area contributed by atoms with Crippen molar-refractivity contribution < 1.29 is 49.0 Å². The zero-order valence-corrected chi connectivity index (χ0v) is 35.6. The molecule has 0 aromatic heterocycles. The number of ether oxygens (including phenoxy) is 4. The van der Waals surface area contributed by atoms with Crippen LogP contribution in [0.5, 0.6) is 0 Å². The molecule has 0 radical (unpaired) electrons. The van der Waals surface area contributed by atoms with E-state index in [9.17, 15) is 30.0 Å². The van der Waals surface area contributed by atoms with Crippen LogP contribution in [0.4, 0.5) is 0 Å². The fourth-order valence-corrected chi connectivity index (χ4v) is 6.88. The van der Waals surface area contributed by atoms with Crippen LogP contribution >= 0.6 is 0 Å². The summed E-state index contributed by atoms with van der Waals surface area (Å²) in [6, 6.07) is 0. The highest BCUT2D eigenvalue weighted by molar-refractivity contribution is 5.70. The van der Waals surface area contributed by atoms with Crippen molar-refractivity contribution in [2.75, 3.05) is 19.8 Å². The standard InChI is InChI=1S/C46H84O10/c1-3-5-7-9-11-13-15-17-19-20-21-23-25-27-29-31-33-35-42(49)55-39(38-54-46-45(52)44(51)43(50)40(36-47)56-46)37-53-41(48)34-32-30-28-26-24-22-18-16-14-12-10-8-6-4-2/h16-19,39-40,43-47,50-52H,3-15,20-38H2,1-2H3/b18-16-,19-17-. The Balaban J connectivity index is 2.33. The van der Waals surface area contributed by atoms with Gasteiger partial charge in [0.15, 0.2) is 12.4 Å². The quantitative estimate of drug-likeness (QED) is 0.0270. The van der Waals surface area contributed by atoms with Crippen molar-refractivity contribution in [3.63, 3.8) is 0 Å². The van der Waals surface area contributed by atoms with Gasteiger partial charge in [-0.3, -0.25) is 9.59 Å². The van der Waals surface area contributed by atoms with E-state index >= 15 is 0 Å². The minimum atomic E-state index is -1.59. The van der Waals surface area contributed by atoms with Crippen molar-refractivity contribution in [1.29, 1.82) is 0 Å². The SMILES string of the molecule is CCCCCCC/C=C\CCCCCCCC(=O)OCC(COC1OC(CO)C(O)C(O)C1O)OC(=O)CCCCCCCCC/C=C\CCCCCCCC. The zero-order chi connectivity index (χ0) is 40.9. The summed E-state index contributed by atoms with van der Waals surface area (Å²) in [6.07, 6.45) is 33.2. The Labute approximate surface area is 341 Å². The molecule has 6 unspecified atom stereocenters. The van der Waals surface area contributed by atoms with Gasteiger partial charge in [-0.15, -0.1) is 0 Å². The molecule has 0 aromatic carbocycles. The second-order valence-corrected chi connectivity index (χ2v) is 15.8. The van der Waals surface area contributed by atoms with Crippen LogP contribution in [-0.2, 0) is 28.5 Å². The highest BCUT2D eigenvalue weighted by Crippen LogP contribution is 2.23. The van der Waals surface area contributed by atoms with Gasteiger partial charge < -0.3 is 39.4 Å². The molecule has 4 N–H and O–H groups in total. The van der Waals surface area contributed by atoms with Gasteiger partial charge in [0, 0.05) is 12.8 Å².